The Kier molecular flexibility index (Phi) is 5.49. The van der Waals surface area contributed by atoms with E-state index in [1.165, 1.54) is 0 Å². The van der Waals surface area contributed by atoms with Crippen LogP contribution in [0, 0.1) is 6.92 Å². The number of carbonyl (C=O) groups is 1. The molecule has 2 aromatic carbocycles. The van der Waals surface area contributed by atoms with Gasteiger partial charge in [0.2, 0.25) is 0 Å². The van der Waals surface area contributed by atoms with Gasteiger partial charge in [0.1, 0.15) is 0 Å². The summed E-state index contributed by atoms with van der Waals surface area (Å²) in [6.45, 7) is 3.26. The highest BCUT2D eigenvalue weighted by atomic mass is 16.1. The van der Waals surface area contributed by atoms with Crippen LogP contribution < -0.4 is 5.32 Å². The number of para-hydroxylation sites is 1. The van der Waals surface area contributed by atoms with Crippen LogP contribution in [-0.4, -0.2) is 47.8 Å². The molecule has 0 fully saturated rings. The predicted molar refractivity (Wildman–Crippen MR) is 105 cm³/mol. The van der Waals surface area contributed by atoms with Gasteiger partial charge in [0, 0.05) is 18.7 Å². The van der Waals surface area contributed by atoms with Crippen molar-refractivity contribution in [2.45, 2.75) is 6.92 Å². The molecule has 1 amide bonds. The summed E-state index contributed by atoms with van der Waals surface area (Å²) >= 11 is 0. The Balaban J connectivity index is 2.07. The number of benzene rings is 2. The van der Waals surface area contributed by atoms with E-state index in [2.05, 4.69) is 10.4 Å². The van der Waals surface area contributed by atoms with Gasteiger partial charge in [-0.05, 0) is 33.2 Å². The number of aryl methyl sites for hydroxylation is 1. The van der Waals surface area contributed by atoms with Crippen LogP contribution in [0.4, 0.5) is 0 Å². The van der Waals surface area contributed by atoms with Crippen molar-refractivity contribution in [1.29, 1.82) is 0 Å². The van der Waals surface area contributed by atoms with Gasteiger partial charge in [0.05, 0.1) is 22.6 Å². The maximum Gasteiger partial charge on any atom is 0.255 e. The van der Waals surface area contributed by atoms with Crippen molar-refractivity contribution in [2.75, 3.05) is 27.2 Å². The van der Waals surface area contributed by atoms with E-state index in [-0.39, 0.29) is 5.91 Å². The smallest absolute Gasteiger partial charge is 0.255 e. The molecule has 0 spiro atoms. The minimum absolute atomic E-state index is 0.0922. The standard InChI is InChI=1S/C21H24N4O/c1-16-19(21(26)22-14-15-24(2)3)20(17-10-6-4-7-11-17)25(23-16)18-12-8-5-9-13-18/h4-13H,14-15H2,1-3H3,(H,22,26). The van der Waals surface area contributed by atoms with Gasteiger partial charge in [-0.2, -0.15) is 5.10 Å². The molecular weight excluding hydrogens is 324 g/mol. The van der Waals surface area contributed by atoms with Gasteiger partial charge in [-0.3, -0.25) is 4.79 Å². The summed E-state index contributed by atoms with van der Waals surface area (Å²) in [5.74, 6) is -0.0922. The first kappa shape index (κ1) is 17.9. The summed E-state index contributed by atoms with van der Waals surface area (Å²) in [6.07, 6.45) is 0. The number of rotatable bonds is 6. The Labute approximate surface area is 154 Å². The fraction of sp³-hybridized carbons (Fsp3) is 0.238. The Bertz CT molecular complexity index is 870. The number of nitrogens with zero attached hydrogens (tertiary/aromatic N) is 3. The molecule has 134 valence electrons. The summed E-state index contributed by atoms with van der Waals surface area (Å²) in [7, 11) is 3.97. The quantitative estimate of drug-likeness (QED) is 0.744. The first-order valence-corrected chi connectivity index (χ1v) is 8.71. The number of aromatic nitrogens is 2. The lowest BCUT2D eigenvalue weighted by atomic mass is 10.0. The molecule has 0 unspecified atom stereocenters. The molecule has 0 saturated carbocycles. The second kappa shape index (κ2) is 7.97. The molecule has 5 heteroatoms. The molecule has 0 aliphatic heterocycles. The van der Waals surface area contributed by atoms with Crippen molar-refractivity contribution in [3.8, 4) is 16.9 Å². The molecular formula is C21H24N4O. The Morgan fingerprint density at radius 3 is 2.27 bits per heavy atom. The van der Waals surface area contributed by atoms with Crippen LogP contribution in [0.5, 0.6) is 0 Å². The lowest BCUT2D eigenvalue weighted by molar-refractivity contribution is 0.0951. The third-order valence-corrected chi connectivity index (χ3v) is 4.18. The van der Waals surface area contributed by atoms with Crippen molar-refractivity contribution in [1.82, 2.24) is 20.0 Å². The lowest BCUT2D eigenvalue weighted by Gasteiger charge is -2.12. The van der Waals surface area contributed by atoms with Crippen LogP contribution in [-0.2, 0) is 0 Å². The highest BCUT2D eigenvalue weighted by Crippen LogP contribution is 2.29. The zero-order valence-electron chi connectivity index (χ0n) is 15.4. The van der Waals surface area contributed by atoms with Crippen molar-refractivity contribution in [2.24, 2.45) is 0 Å². The third kappa shape index (κ3) is 3.83. The zero-order valence-corrected chi connectivity index (χ0v) is 15.4. The summed E-state index contributed by atoms with van der Waals surface area (Å²) in [6, 6.07) is 19.8. The largest absolute Gasteiger partial charge is 0.351 e. The van der Waals surface area contributed by atoms with E-state index in [1.54, 1.807) is 0 Å². The van der Waals surface area contributed by atoms with Gasteiger partial charge in [0.15, 0.2) is 0 Å². The van der Waals surface area contributed by atoms with Crippen LogP contribution >= 0.6 is 0 Å². The van der Waals surface area contributed by atoms with Crippen molar-refractivity contribution in [3.63, 3.8) is 0 Å². The highest BCUT2D eigenvalue weighted by Gasteiger charge is 2.23. The van der Waals surface area contributed by atoms with E-state index < -0.39 is 0 Å². The predicted octanol–water partition coefficient (Wildman–Crippen LogP) is 3.14. The average Bonchev–Trinajstić information content (AvgIpc) is 3.00. The fourth-order valence-electron chi connectivity index (χ4n) is 2.90. The van der Waals surface area contributed by atoms with Crippen molar-refractivity contribution < 1.29 is 4.79 Å². The second-order valence-corrected chi connectivity index (χ2v) is 6.48. The molecule has 0 aliphatic rings. The number of likely N-dealkylation sites (N-methyl/N-ethyl adjacent to an activating group) is 1. The minimum atomic E-state index is -0.0922. The summed E-state index contributed by atoms with van der Waals surface area (Å²) in [5, 5.41) is 7.68. The Hall–Kier alpha value is -2.92. The van der Waals surface area contributed by atoms with Gasteiger partial charge in [-0.25, -0.2) is 4.68 Å². The molecule has 5 nitrogen and oxygen atoms in total. The first-order valence-electron chi connectivity index (χ1n) is 8.71. The normalized spacial score (nSPS) is 10.9. The van der Waals surface area contributed by atoms with Crippen LogP contribution in [0.2, 0.25) is 0 Å². The molecule has 0 bridgehead atoms. The van der Waals surface area contributed by atoms with E-state index in [4.69, 9.17) is 0 Å². The van der Waals surface area contributed by atoms with Gasteiger partial charge >= 0.3 is 0 Å². The molecule has 0 atom stereocenters. The maximum atomic E-state index is 12.9. The summed E-state index contributed by atoms with van der Waals surface area (Å²) in [5.41, 5.74) is 4.06. The topological polar surface area (TPSA) is 50.2 Å². The molecule has 0 radical (unpaired) electrons. The lowest BCUT2D eigenvalue weighted by Crippen LogP contribution is -2.31. The fourth-order valence-corrected chi connectivity index (χ4v) is 2.90. The van der Waals surface area contributed by atoms with Gasteiger partial charge in [0.25, 0.3) is 5.91 Å². The van der Waals surface area contributed by atoms with Crippen LogP contribution in [0.15, 0.2) is 60.7 Å². The van der Waals surface area contributed by atoms with Crippen molar-refractivity contribution in [3.05, 3.63) is 71.9 Å². The second-order valence-electron chi connectivity index (χ2n) is 6.48. The van der Waals surface area contributed by atoms with E-state index in [0.717, 1.165) is 29.2 Å². The van der Waals surface area contributed by atoms with Crippen LogP contribution in [0.25, 0.3) is 16.9 Å². The Morgan fingerprint density at radius 2 is 1.65 bits per heavy atom. The summed E-state index contributed by atoms with van der Waals surface area (Å²) in [4.78, 5) is 14.9. The average molecular weight is 348 g/mol. The van der Waals surface area contributed by atoms with Gasteiger partial charge in [-0.1, -0.05) is 48.5 Å². The van der Waals surface area contributed by atoms with E-state index in [9.17, 15) is 4.79 Å². The first-order chi connectivity index (χ1) is 12.6. The molecule has 1 heterocycles. The molecule has 3 aromatic rings. The monoisotopic (exact) mass is 348 g/mol. The number of hydrogen-bond donors (Lipinski definition) is 1. The molecule has 3 rings (SSSR count). The van der Waals surface area contributed by atoms with Gasteiger partial charge in [-0.15, -0.1) is 0 Å². The van der Waals surface area contributed by atoms with Crippen LogP contribution in [0.1, 0.15) is 16.1 Å². The molecule has 26 heavy (non-hydrogen) atoms. The third-order valence-electron chi connectivity index (χ3n) is 4.18. The van der Waals surface area contributed by atoms with Gasteiger partial charge < -0.3 is 10.2 Å². The highest BCUT2D eigenvalue weighted by molar-refractivity contribution is 6.01. The maximum absolute atomic E-state index is 12.9. The zero-order chi connectivity index (χ0) is 18.5. The Morgan fingerprint density at radius 1 is 1.04 bits per heavy atom. The number of hydrogen-bond acceptors (Lipinski definition) is 3. The minimum Gasteiger partial charge on any atom is -0.351 e. The summed E-state index contributed by atoms with van der Waals surface area (Å²) < 4.78 is 1.85. The van der Waals surface area contributed by atoms with E-state index >= 15 is 0 Å². The number of nitrogens with one attached hydrogen (secondary N) is 1. The molecule has 0 saturated heterocycles. The molecule has 1 N–H and O–H groups in total. The van der Waals surface area contributed by atoms with Crippen LogP contribution in [0.3, 0.4) is 0 Å². The number of amides is 1. The van der Waals surface area contributed by atoms with E-state index in [0.29, 0.717) is 12.1 Å². The number of carbonyl (C=O) groups excluding carboxylic acids is 1. The molecule has 0 aliphatic carbocycles. The van der Waals surface area contributed by atoms with E-state index in [1.807, 2.05) is 91.3 Å². The van der Waals surface area contributed by atoms with Crippen molar-refractivity contribution >= 4 is 5.91 Å². The SMILES string of the molecule is Cc1nn(-c2ccccc2)c(-c2ccccc2)c1C(=O)NCCN(C)C. The molecule has 1 aromatic heterocycles.